The Morgan fingerprint density at radius 3 is 2.28 bits per heavy atom. The van der Waals surface area contributed by atoms with Crippen molar-refractivity contribution < 1.29 is 40.3 Å². The summed E-state index contributed by atoms with van der Waals surface area (Å²) in [5, 5.41) is 11.6. The number of carbonyl (C=O) groups is 1. The van der Waals surface area contributed by atoms with Crippen molar-refractivity contribution in [2.75, 3.05) is 5.32 Å². The van der Waals surface area contributed by atoms with Gasteiger partial charge in [-0.25, -0.2) is 17.2 Å². The van der Waals surface area contributed by atoms with Crippen molar-refractivity contribution >= 4 is 21.6 Å². The Hall–Kier alpha value is -2.51. The summed E-state index contributed by atoms with van der Waals surface area (Å²) in [7, 11) is -3.62. The highest BCUT2D eigenvalue weighted by atomic mass is 32.2. The van der Waals surface area contributed by atoms with Crippen LogP contribution in [0, 0.1) is 18.6 Å². The molecule has 0 aliphatic heterocycles. The van der Waals surface area contributed by atoms with Crippen LogP contribution in [-0.2, 0) is 17.1 Å². The van der Waals surface area contributed by atoms with Gasteiger partial charge in [-0.05, 0) is 31.5 Å². The first-order chi connectivity index (χ1) is 13.1. The Kier molecular flexibility index (Phi) is 5.80. The Morgan fingerprint density at radius 2 is 1.76 bits per heavy atom. The molecule has 2 aromatic rings. The number of rotatable bonds is 5. The number of halogens is 5. The monoisotopic (exact) mass is 441 g/mol. The molecule has 2 rings (SSSR count). The van der Waals surface area contributed by atoms with E-state index in [0.717, 1.165) is 34.5 Å². The van der Waals surface area contributed by atoms with Crippen molar-refractivity contribution in [2.24, 2.45) is 7.05 Å². The lowest BCUT2D eigenvalue weighted by Gasteiger charge is -2.26. The Morgan fingerprint density at radius 1 is 1.17 bits per heavy atom. The number of amides is 1. The van der Waals surface area contributed by atoms with Crippen LogP contribution in [0.1, 0.15) is 23.0 Å². The molecule has 0 aliphatic carbocycles. The molecule has 1 amide bonds. The summed E-state index contributed by atoms with van der Waals surface area (Å²) >= 11 is 0. The van der Waals surface area contributed by atoms with E-state index in [1.54, 1.807) is 0 Å². The molecule has 13 heteroatoms. The van der Waals surface area contributed by atoms with E-state index >= 15 is 0 Å². The molecule has 0 bridgehead atoms. The summed E-state index contributed by atoms with van der Waals surface area (Å²) in [5.74, 6) is -3.29. The fourth-order valence-electron chi connectivity index (χ4n) is 2.46. The van der Waals surface area contributed by atoms with Gasteiger partial charge in [0.1, 0.15) is 10.6 Å². The predicted octanol–water partition coefficient (Wildman–Crippen LogP) is 2.41. The maximum atomic E-state index is 13.3. The molecule has 0 spiro atoms. The van der Waals surface area contributed by atoms with Gasteiger partial charge in [0.2, 0.25) is 15.7 Å². The van der Waals surface area contributed by atoms with Gasteiger partial charge in [-0.1, -0.05) is 0 Å². The summed E-state index contributed by atoms with van der Waals surface area (Å²) in [6, 6.07) is 2.53. The van der Waals surface area contributed by atoms with E-state index in [4.69, 9.17) is 0 Å². The average Bonchev–Trinajstić information content (AvgIpc) is 2.84. The molecule has 3 N–H and O–H groups in total. The molecule has 0 saturated heterocycles. The number of nitrogens with zero attached hydrogens (tertiary/aromatic N) is 1. The van der Waals surface area contributed by atoms with Gasteiger partial charge in [0.05, 0.1) is 0 Å². The van der Waals surface area contributed by atoms with Gasteiger partial charge >= 0.3 is 6.18 Å². The minimum absolute atomic E-state index is 0.128. The first-order valence-electron chi connectivity index (χ1n) is 7.82. The maximum Gasteiger partial charge on any atom is 0.431 e. The van der Waals surface area contributed by atoms with E-state index in [1.807, 2.05) is 0 Å². The molecular weight excluding hydrogens is 425 g/mol. The fourth-order valence-corrected chi connectivity index (χ4v) is 4.00. The standard InChI is InChI=1S/C16H16F5N3O4S/c1-8-12(29(27,28)23-15(2,26)16(19,20)21)7-24(3)13(8)14(25)22-9-4-5-10(17)11(18)6-9/h4-7,23,26H,1-3H3,(H,22,25). The zero-order valence-corrected chi connectivity index (χ0v) is 16.0. The van der Waals surface area contributed by atoms with Crippen molar-refractivity contribution in [1.29, 1.82) is 0 Å². The minimum Gasteiger partial charge on any atom is -0.367 e. The van der Waals surface area contributed by atoms with Gasteiger partial charge in [-0.2, -0.15) is 17.9 Å². The fraction of sp³-hybridized carbons (Fsp3) is 0.312. The van der Waals surface area contributed by atoms with Crippen molar-refractivity contribution in [3.8, 4) is 0 Å². The summed E-state index contributed by atoms with van der Waals surface area (Å²) in [6.07, 6.45) is -4.42. The number of benzene rings is 1. The third kappa shape index (κ3) is 4.57. The van der Waals surface area contributed by atoms with Crippen molar-refractivity contribution in [2.45, 2.75) is 30.6 Å². The molecule has 0 saturated carbocycles. The number of carbonyl (C=O) groups excluding carboxylic acids is 1. The summed E-state index contributed by atoms with van der Waals surface area (Å²) < 4.78 is 91.5. The largest absolute Gasteiger partial charge is 0.431 e. The van der Waals surface area contributed by atoms with E-state index < -0.39 is 44.4 Å². The lowest BCUT2D eigenvalue weighted by molar-refractivity contribution is -0.257. The van der Waals surface area contributed by atoms with Crippen LogP contribution in [0.3, 0.4) is 0 Å². The van der Waals surface area contributed by atoms with Crippen LogP contribution in [0.2, 0.25) is 0 Å². The third-order valence-corrected chi connectivity index (χ3v) is 5.61. The smallest absolute Gasteiger partial charge is 0.367 e. The molecular formula is C16H16F5N3O4S. The second kappa shape index (κ2) is 7.39. The van der Waals surface area contributed by atoms with Crippen LogP contribution < -0.4 is 10.0 Å². The Labute approximate surface area is 162 Å². The van der Waals surface area contributed by atoms with Crippen LogP contribution in [0.15, 0.2) is 29.3 Å². The van der Waals surface area contributed by atoms with E-state index in [1.165, 1.54) is 7.05 Å². The predicted molar refractivity (Wildman–Crippen MR) is 91.5 cm³/mol. The Balaban J connectivity index is 2.38. The zero-order valence-electron chi connectivity index (χ0n) is 15.2. The maximum absolute atomic E-state index is 13.3. The third-order valence-electron chi connectivity index (χ3n) is 3.96. The number of alkyl halides is 3. The lowest BCUT2D eigenvalue weighted by Crippen LogP contribution is -2.56. The molecule has 29 heavy (non-hydrogen) atoms. The van der Waals surface area contributed by atoms with Gasteiger partial charge in [-0.15, -0.1) is 0 Å². The minimum atomic E-state index is -5.30. The lowest BCUT2D eigenvalue weighted by atomic mass is 10.2. The molecule has 1 heterocycles. The van der Waals surface area contributed by atoms with E-state index in [-0.39, 0.29) is 23.9 Å². The molecule has 1 aromatic carbocycles. The summed E-state index contributed by atoms with van der Waals surface area (Å²) in [6.45, 7) is 1.39. The van der Waals surface area contributed by atoms with E-state index in [9.17, 15) is 40.3 Å². The first-order valence-corrected chi connectivity index (χ1v) is 9.30. The number of sulfonamides is 1. The van der Waals surface area contributed by atoms with Crippen LogP contribution in [0.5, 0.6) is 0 Å². The highest BCUT2D eigenvalue weighted by Crippen LogP contribution is 2.30. The molecule has 160 valence electrons. The molecule has 0 aliphatic rings. The second-order valence-electron chi connectivity index (χ2n) is 6.34. The van der Waals surface area contributed by atoms with Gasteiger partial charge in [-0.3, -0.25) is 4.79 Å². The number of aromatic nitrogens is 1. The number of anilines is 1. The summed E-state index contributed by atoms with van der Waals surface area (Å²) in [5.41, 5.74) is -4.36. The molecule has 1 unspecified atom stereocenters. The van der Waals surface area contributed by atoms with Gasteiger partial charge < -0.3 is 15.0 Å². The summed E-state index contributed by atoms with van der Waals surface area (Å²) in [4.78, 5) is 11.8. The van der Waals surface area contributed by atoms with Crippen LogP contribution in [0.4, 0.5) is 27.6 Å². The van der Waals surface area contributed by atoms with Crippen LogP contribution >= 0.6 is 0 Å². The van der Waals surface area contributed by atoms with Gasteiger partial charge in [0.15, 0.2) is 11.6 Å². The molecule has 0 fully saturated rings. The number of nitrogens with one attached hydrogen (secondary N) is 2. The molecule has 1 atom stereocenters. The molecule has 1 aromatic heterocycles. The van der Waals surface area contributed by atoms with Gasteiger partial charge in [0, 0.05) is 25.0 Å². The zero-order chi connectivity index (χ0) is 22.4. The van der Waals surface area contributed by atoms with Crippen LogP contribution in [0.25, 0.3) is 0 Å². The molecule has 0 radical (unpaired) electrons. The normalized spacial score (nSPS) is 14.5. The van der Waals surface area contributed by atoms with Gasteiger partial charge in [0.25, 0.3) is 5.91 Å². The SMILES string of the molecule is Cc1c(S(=O)(=O)NC(C)(O)C(F)(F)F)cn(C)c1C(=O)Nc1ccc(F)c(F)c1. The van der Waals surface area contributed by atoms with Crippen molar-refractivity contribution in [3.05, 3.63) is 47.3 Å². The highest BCUT2D eigenvalue weighted by molar-refractivity contribution is 7.89. The molecule has 7 nitrogen and oxygen atoms in total. The Bertz CT molecular complexity index is 1060. The highest BCUT2D eigenvalue weighted by Gasteiger charge is 2.52. The number of hydrogen-bond acceptors (Lipinski definition) is 4. The van der Waals surface area contributed by atoms with Crippen LogP contribution in [-0.4, -0.2) is 35.9 Å². The van der Waals surface area contributed by atoms with E-state index in [0.29, 0.717) is 6.07 Å². The number of aliphatic hydroxyl groups is 1. The number of hydrogen-bond donors (Lipinski definition) is 3. The topological polar surface area (TPSA) is 100 Å². The van der Waals surface area contributed by atoms with Crippen molar-refractivity contribution in [1.82, 2.24) is 9.29 Å². The van der Waals surface area contributed by atoms with E-state index in [2.05, 4.69) is 5.32 Å². The average molecular weight is 441 g/mol. The number of aryl methyl sites for hydroxylation is 1. The second-order valence-corrected chi connectivity index (χ2v) is 7.99. The van der Waals surface area contributed by atoms with Crippen molar-refractivity contribution in [3.63, 3.8) is 0 Å². The quantitative estimate of drug-likeness (QED) is 0.490. The first kappa shape index (κ1) is 22.8.